The molecule has 0 saturated carbocycles. The van der Waals surface area contributed by atoms with Crippen molar-refractivity contribution in [2.45, 2.75) is 39.3 Å². The highest BCUT2D eigenvalue weighted by Gasteiger charge is 2.28. The normalized spacial score (nSPS) is 14.2. The molecule has 0 aliphatic carbocycles. The Labute approximate surface area is 148 Å². The minimum absolute atomic E-state index is 0.00453. The maximum absolute atomic E-state index is 12.9. The van der Waals surface area contributed by atoms with E-state index in [1.165, 1.54) is 5.69 Å². The largest absolute Gasteiger partial charge is 0.493 e. The first-order valence-corrected chi connectivity index (χ1v) is 8.42. The molecule has 3 rings (SSSR count). The molecule has 6 nitrogen and oxygen atoms in total. The van der Waals surface area contributed by atoms with Crippen molar-refractivity contribution in [2.75, 3.05) is 20.8 Å². The molecule has 1 aromatic carbocycles. The SMILES string of the molecule is COc1ccc(C(=O)N2CCc3c(cnn3C(C)(C)C)C2)cc1OC. The van der Waals surface area contributed by atoms with Gasteiger partial charge in [0.2, 0.25) is 0 Å². The van der Waals surface area contributed by atoms with Gasteiger partial charge in [-0.05, 0) is 39.0 Å². The van der Waals surface area contributed by atoms with E-state index in [1.807, 2.05) is 11.1 Å². The fourth-order valence-electron chi connectivity index (χ4n) is 3.23. The molecule has 0 spiro atoms. The van der Waals surface area contributed by atoms with Crippen molar-refractivity contribution in [2.24, 2.45) is 0 Å². The van der Waals surface area contributed by atoms with Crippen LogP contribution in [0.4, 0.5) is 0 Å². The number of carbonyl (C=O) groups excluding carboxylic acids is 1. The summed E-state index contributed by atoms with van der Waals surface area (Å²) in [6, 6.07) is 5.27. The second-order valence-corrected chi connectivity index (χ2v) is 7.25. The highest BCUT2D eigenvalue weighted by molar-refractivity contribution is 5.95. The first kappa shape index (κ1) is 17.3. The summed E-state index contributed by atoms with van der Waals surface area (Å²) < 4.78 is 12.6. The molecule has 1 aromatic heterocycles. The van der Waals surface area contributed by atoms with Gasteiger partial charge < -0.3 is 14.4 Å². The van der Waals surface area contributed by atoms with E-state index < -0.39 is 0 Å². The standard InChI is InChI=1S/C19H25N3O3/c1-19(2,3)22-15-8-9-21(12-14(15)11-20-22)18(23)13-6-7-16(24-4)17(10-13)25-5/h6-7,10-11H,8-9,12H2,1-5H3. The summed E-state index contributed by atoms with van der Waals surface area (Å²) in [6.07, 6.45) is 2.69. The number of benzene rings is 1. The Morgan fingerprint density at radius 1 is 1.16 bits per heavy atom. The van der Waals surface area contributed by atoms with Crippen molar-refractivity contribution in [1.82, 2.24) is 14.7 Å². The fraction of sp³-hybridized carbons (Fsp3) is 0.474. The van der Waals surface area contributed by atoms with Gasteiger partial charge in [0.15, 0.2) is 11.5 Å². The van der Waals surface area contributed by atoms with E-state index in [-0.39, 0.29) is 11.4 Å². The van der Waals surface area contributed by atoms with Crippen LogP contribution in [-0.2, 0) is 18.5 Å². The average Bonchev–Trinajstić information content (AvgIpc) is 3.03. The third-order valence-electron chi connectivity index (χ3n) is 4.49. The minimum Gasteiger partial charge on any atom is -0.493 e. The number of nitrogens with zero attached hydrogens (tertiary/aromatic N) is 3. The molecule has 2 aromatic rings. The van der Waals surface area contributed by atoms with Gasteiger partial charge in [-0.2, -0.15) is 5.10 Å². The van der Waals surface area contributed by atoms with Gasteiger partial charge in [0.1, 0.15) is 0 Å². The van der Waals surface area contributed by atoms with Crippen LogP contribution in [0, 0.1) is 0 Å². The molecule has 0 unspecified atom stereocenters. The third-order valence-corrected chi connectivity index (χ3v) is 4.49. The second-order valence-electron chi connectivity index (χ2n) is 7.25. The molecule has 0 atom stereocenters. The Morgan fingerprint density at radius 3 is 2.52 bits per heavy atom. The monoisotopic (exact) mass is 343 g/mol. The number of fused-ring (bicyclic) bond motifs is 1. The van der Waals surface area contributed by atoms with Gasteiger partial charge in [-0.25, -0.2) is 0 Å². The summed E-state index contributed by atoms with van der Waals surface area (Å²) in [5.74, 6) is 1.17. The van der Waals surface area contributed by atoms with Crippen LogP contribution in [-0.4, -0.2) is 41.4 Å². The van der Waals surface area contributed by atoms with Crippen LogP contribution in [0.3, 0.4) is 0 Å². The molecule has 1 amide bonds. The molecule has 2 heterocycles. The lowest BCUT2D eigenvalue weighted by molar-refractivity contribution is 0.0732. The molecule has 6 heteroatoms. The topological polar surface area (TPSA) is 56.6 Å². The second kappa shape index (κ2) is 6.43. The number of hydrogen-bond acceptors (Lipinski definition) is 4. The predicted molar refractivity (Wildman–Crippen MR) is 95.2 cm³/mol. The van der Waals surface area contributed by atoms with Crippen LogP contribution < -0.4 is 9.47 Å². The molecule has 0 fully saturated rings. The van der Waals surface area contributed by atoms with E-state index in [1.54, 1.807) is 32.4 Å². The molecule has 25 heavy (non-hydrogen) atoms. The number of amides is 1. The number of carbonyl (C=O) groups is 1. The summed E-state index contributed by atoms with van der Waals surface area (Å²) in [7, 11) is 3.15. The molecule has 0 radical (unpaired) electrons. The highest BCUT2D eigenvalue weighted by atomic mass is 16.5. The van der Waals surface area contributed by atoms with Crippen LogP contribution >= 0.6 is 0 Å². The summed E-state index contributed by atoms with van der Waals surface area (Å²) >= 11 is 0. The van der Waals surface area contributed by atoms with Crippen molar-refractivity contribution in [3.05, 3.63) is 41.2 Å². The molecule has 0 saturated heterocycles. The Hall–Kier alpha value is -2.50. The van der Waals surface area contributed by atoms with E-state index in [4.69, 9.17) is 9.47 Å². The molecule has 1 aliphatic heterocycles. The number of rotatable bonds is 3. The van der Waals surface area contributed by atoms with Gasteiger partial charge in [-0.15, -0.1) is 0 Å². The molecule has 1 aliphatic rings. The summed E-state index contributed by atoms with van der Waals surface area (Å²) in [4.78, 5) is 14.7. The molecular formula is C19H25N3O3. The smallest absolute Gasteiger partial charge is 0.254 e. The van der Waals surface area contributed by atoms with Crippen molar-refractivity contribution < 1.29 is 14.3 Å². The van der Waals surface area contributed by atoms with Crippen LogP contribution in [0.1, 0.15) is 42.4 Å². The van der Waals surface area contributed by atoms with E-state index in [2.05, 4.69) is 30.6 Å². The van der Waals surface area contributed by atoms with Gasteiger partial charge in [0.05, 0.1) is 26.0 Å². The van der Waals surface area contributed by atoms with Gasteiger partial charge >= 0.3 is 0 Å². The number of methoxy groups -OCH3 is 2. The van der Waals surface area contributed by atoms with Gasteiger partial charge in [-0.3, -0.25) is 9.48 Å². The first-order chi connectivity index (χ1) is 11.8. The van der Waals surface area contributed by atoms with Crippen LogP contribution in [0.15, 0.2) is 24.4 Å². The predicted octanol–water partition coefficient (Wildman–Crippen LogP) is 2.85. The maximum Gasteiger partial charge on any atom is 0.254 e. The zero-order valence-electron chi connectivity index (χ0n) is 15.5. The van der Waals surface area contributed by atoms with Crippen molar-refractivity contribution in [1.29, 1.82) is 0 Å². The third kappa shape index (κ3) is 3.21. The zero-order valence-corrected chi connectivity index (χ0v) is 15.5. The minimum atomic E-state index is -0.0525. The lowest BCUT2D eigenvalue weighted by Crippen LogP contribution is -2.37. The molecule has 0 N–H and O–H groups in total. The van der Waals surface area contributed by atoms with E-state index in [0.29, 0.717) is 30.2 Å². The Morgan fingerprint density at radius 2 is 1.88 bits per heavy atom. The van der Waals surface area contributed by atoms with Crippen molar-refractivity contribution in [3.8, 4) is 11.5 Å². The van der Waals surface area contributed by atoms with Crippen molar-refractivity contribution in [3.63, 3.8) is 0 Å². The summed E-state index contributed by atoms with van der Waals surface area (Å²) in [5, 5.41) is 4.53. The van der Waals surface area contributed by atoms with Crippen molar-refractivity contribution >= 4 is 5.91 Å². The summed E-state index contributed by atoms with van der Waals surface area (Å²) in [5.41, 5.74) is 2.89. The first-order valence-electron chi connectivity index (χ1n) is 8.42. The van der Waals surface area contributed by atoms with Gasteiger partial charge in [0, 0.05) is 36.3 Å². The Bertz CT molecular complexity index is 790. The van der Waals surface area contributed by atoms with Crippen LogP contribution in [0.25, 0.3) is 0 Å². The summed E-state index contributed by atoms with van der Waals surface area (Å²) in [6.45, 7) is 7.69. The number of aromatic nitrogens is 2. The lowest BCUT2D eigenvalue weighted by atomic mass is 10.0. The van der Waals surface area contributed by atoms with Gasteiger partial charge in [0.25, 0.3) is 5.91 Å². The Balaban J connectivity index is 1.82. The zero-order chi connectivity index (χ0) is 18.2. The maximum atomic E-state index is 12.9. The molecule has 0 bridgehead atoms. The molecular weight excluding hydrogens is 318 g/mol. The lowest BCUT2D eigenvalue weighted by Gasteiger charge is -2.30. The quantitative estimate of drug-likeness (QED) is 0.860. The van der Waals surface area contributed by atoms with Crippen LogP contribution in [0.5, 0.6) is 11.5 Å². The highest BCUT2D eigenvalue weighted by Crippen LogP contribution is 2.29. The number of hydrogen-bond donors (Lipinski definition) is 0. The van der Waals surface area contributed by atoms with Gasteiger partial charge in [-0.1, -0.05) is 0 Å². The molecule has 134 valence electrons. The average molecular weight is 343 g/mol. The fourth-order valence-corrected chi connectivity index (χ4v) is 3.23. The number of ether oxygens (including phenoxy) is 2. The van der Waals surface area contributed by atoms with Crippen LogP contribution in [0.2, 0.25) is 0 Å². The Kier molecular flexibility index (Phi) is 4.45. The van der Waals surface area contributed by atoms with E-state index in [9.17, 15) is 4.79 Å². The van der Waals surface area contributed by atoms with E-state index in [0.717, 1.165) is 12.0 Å². The van der Waals surface area contributed by atoms with E-state index >= 15 is 0 Å².